The molecule has 1 aliphatic rings. The molecule has 0 spiro atoms. The maximum Gasteiger partial charge on any atom is 0.203 e. The third kappa shape index (κ3) is 5.11. The van der Waals surface area contributed by atoms with Crippen molar-refractivity contribution in [1.29, 1.82) is 0 Å². The van der Waals surface area contributed by atoms with E-state index in [4.69, 9.17) is 14.2 Å². The van der Waals surface area contributed by atoms with E-state index in [0.717, 1.165) is 37.3 Å². The summed E-state index contributed by atoms with van der Waals surface area (Å²) in [6.45, 7) is 4.31. The van der Waals surface area contributed by atoms with Crippen LogP contribution in [0.3, 0.4) is 0 Å². The molecule has 1 unspecified atom stereocenters. The van der Waals surface area contributed by atoms with Gasteiger partial charge in [-0.25, -0.2) is 0 Å². The van der Waals surface area contributed by atoms with Crippen molar-refractivity contribution in [1.82, 2.24) is 10.2 Å². The summed E-state index contributed by atoms with van der Waals surface area (Å²) in [5.74, 6) is 1.98. The first-order valence-electron chi connectivity index (χ1n) is 12.1. The summed E-state index contributed by atoms with van der Waals surface area (Å²) < 4.78 is 17.9. The number of hydrogen-bond acceptors (Lipinski definition) is 5. The molecule has 1 N–H and O–H groups in total. The van der Waals surface area contributed by atoms with Gasteiger partial charge in [0.1, 0.15) is 6.61 Å². The fourth-order valence-electron chi connectivity index (χ4n) is 4.86. The molecule has 35 heavy (non-hydrogen) atoms. The lowest BCUT2D eigenvalue weighted by Crippen LogP contribution is -2.45. The normalized spacial score (nSPS) is 15.0. The minimum absolute atomic E-state index is 0.0766. The molecule has 0 bridgehead atoms. The average Bonchev–Trinajstić information content (AvgIpc) is 2.93. The Morgan fingerprint density at radius 3 is 2.09 bits per heavy atom. The minimum Gasteiger partial charge on any atom is -0.493 e. The van der Waals surface area contributed by atoms with Gasteiger partial charge in [-0.3, -0.25) is 4.90 Å². The second kappa shape index (κ2) is 10.8. The Labute approximate surface area is 207 Å². The molecule has 1 saturated heterocycles. The van der Waals surface area contributed by atoms with Crippen molar-refractivity contribution in [3.63, 3.8) is 0 Å². The van der Waals surface area contributed by atoms with Crippen LogP contribution in [0.15, 0.2) is 84.9 Å². The molecule has 180 valence electrons. The second-order valence-electron chi connectivity index (χ2n) is 8.82. The summed E-state index contributed by atoms with van der Waals surface area (Å²) in [6, 6.07) is 29.7. The monoisotopic (exact) mass is 468 g/mol. The van der Waals surface area contributed by atoms with Crippen LogP contribution in [0.25, 0.3) is 10.8 Å². The molecule has 4 aromatic rings. The summed E-state index contributed by atoms with van der Waals surface area (Å²) in [5.41, 5.74) is 3.48. The summed E-state index contributed by atoms with van der Waals surface area (Å²) in [5, 5.41) is 5.97. The minimum atomic E-state index is 0.0766. The number of methoxy groups -OCH3 is 2. The molecule has 1 aliphatic heterocycles. The van der Waals surface area contributed by atoms with Crippen LogP contribution < -0.4 is 19.5 Å². The van der Waals surface area contributed by atoms with Crippen molar-refractivity contribution in [3.05, 3.63) is 102 Å². The van der Waals surface area contributed by atoms with Gasteiger partial charge in [-0.15, -0.1) is 0 Å². The molecule has 1 heterocycles. The van der Waals surface area contributed by atoms with Gasteiger partial charge in [0.25, 0.3) is 0 Å². The van der Waals surface area contributed by atoms with Crippen molar-refractivity contribution in [2.45, 2.75) is 12.6 Å². The largest absolute Gasteiger partial charge is 0.493 e. The van der Waals surface area contributed by atoms with E-state index in [1.807, 2.05) is 30.3 Å². The Morgan fingerprint density at radius 2 is 1.40 bits per heavy atom. The number of nitrogens with zero attached hydrogens (tertiary/aromatic N) is 1. The van der Waals surface area contributed by atoms with Gasteiger partial charge in [0.2, 0.25) is 5.75 Å². The second-order valence-corrected chi connectivity index (χ2v) is 8.82. The van der Waals surface area contributed by atoms with Crippen LogP contribution >= 0.6 is 0 Å². The van der Waals surface area contributed by atoms with Crippen molar-refractivity contribution >= 4 is 10.8 Å². The molecule has 5 nitrogen and oxygen atoms in total. The topological polar surface area (TPSA) is 43.0 Å². The number of ether oxygens (including phenoxy) is 3. The van der Waals surface area contributed by atoms with Gasteiger partial charge >= 0.3 is 0 Å². The lowest BCUT2D eigenvalue weighted by molar-refractivity contribution is 0.197. The number of piperazine rings is 1. The van der Waals surface area contributed by atoms with Crippen LogP contribution in [0.5, 0.6) is 17.2 Å². The molecule has 0 amide bonds. The third-order valence-electron chi connectivity index (χ3n) is 6.63. The fraction of sp³-hybridized carbons (Fsp3) is 0.267. The van der Waals surface area contributed by atoms with Crippen molar-refractivity contribution in [2.24, 2.45) is 0 Å². The zero-order valence-electron chi connectivity index (χ0n) is 20.4. The molecule has 0 aromatic heterocycles. The zero-order chi connectivity index (χ0) is 24.0. The highest BCUT2D eigenvalue weighted by atomic mass is 16.5. The smallest absolute Gasteiger partial charge is 0.203 e. The van der Waals surface area contributed by atoms with E-state index >= 15 is 0 Å². The molecule has 0 radical (unpaired) electrons. The first-order chi connectivity index (χ1) is 17.3. The van der Waals surface area contributed by atoms with Crippen molar-refractivity contribution in [3.8, 4) is 17.2 Å². The number of nitrogens with one attached hydrogen (secondary N) is 1. The number of rotatable bonds is 8. The van der Waals surface area contributed by atoms with E-state index in [2.05, 4.69) is 64.8 Å². The van der Waals surface area contributed by atoms with Crippen molar-refractivity contribution < 1.29 is 14.2 Å². The van der Waals surface area contributed by atoms with Gasteiger partial charge < -0.3 is 19.5 Å². The van der Waals surface area contributed by atoms with Crippen LogP contribution in [-0.2, 0) is 6.61 Å². The maximum atomic E-state index is 6.21. The van der Waals surface area contributed by atoms with Gasteiger partial charge in [-0.2, -0.15) is 0 Å². The number of hydrogen-bond donors (Lipinski definition) is 1. The Hall–Kier alpha value is -3.54. The van der Waals surface area contributed by atoms with Gasteiger partial charge in [-0.1, -0.05) is 66.7 Å². The highest BCUT2D eigenvalue weighted by Crippen LogP contribution is 2.43. The SMILES string of the molecule is COc1cc(C(c2ccc3ccccc3c2)N2CCNCC2)cc(OC)c1OCc1ccccc1. The zero-order valence-corrected chi connectivity index (χ0v) is 20.4. The third-order valence-corrected chi connectivity index (χ3v) is 6.63. The molecular formula is C30H32N2O3. The van der Waals surface area contributed by atoms with Crippen LogP contribution in [0.1, 0.15) is 22.7 Å². The van der Waals surface area contributed by atoms with Gasteiger partial charge in [0.15, 0.2) is 11.5 Å². The summed E-state index contributed by atoms with van der Waals surface area (Å²) in [7, 11) is 3.37. The molecule has 5 heteroatoms. The van der Waals surface area contributed by atoms with Gasteiger partial charge in [-0.05, 0) is 45.7 Å². The fourth-order valence-corrected chi connectivity index (χ4v) is 4.86. The predicted octanol–water partition coefficient (Wildman–Crippen LogP) is 5.43. The summed E-state index contributed by atoms with van der Waals surface area (Å²) >= 11 is 0. The highest BCUT2D eigenvalue weighted by Gasteiger charge is 2.27. The Balaban J connectivity index is 1.55. The molecule has 5 rings (SSSR count). The van der Waals surface area contributed by atoms with E-state index < -0.39 is 0 Å². The van der Waals surface area contributed by atoms with Crippen LogP contribution in [0, 0.1) is 0 Å². The lowest BCUT2D eigenvalue weighted by atomic mass is 9.93. The molecule has 4 aromatic carbocycles. The predicted molar refractivity (Wildman–Crippen MR) is 141 cm³/mol. The maximum absolute atomic E-state index is 6.21. The Morgan fingerprint density at radius 1 is 0.743 bits per heavy atom. The Kier molecular flexibility index (Phi) is 7.17. The molecule has 1 fully saturated rings. The standard InChI is InChI=1S/C30H32N2O3/c1-33-27-19-26(20-28(34-2)30(27)35-21-22-8-4-3-5-9-22)29(32-16-14-31-15-17-32)25-13-12-23-10-6-7-11-24(23)18-25/h3-13,18-20,29,31H,14-17,21H2,1-2H3. The number of fused-ring (bicyclic) bond motifs is 1. The molecule has 1 atom stereocenters. The molecular weight excluding hydrogens is 436 g/mol. The van der Waals surface area contributed by atoms with E-state index in [9.17, 15) is 0 Å². The first-order valence-corrected chi connectivity index (χ1v) is 12.1. The van der Waals surface area contributed by atoms with E-state index in [1.54, 1.807) is 14.2 Å². The van der Waals surface area contributed by atoms with Crippen LogP contribution in [0.4, 0.5) is 0 Å². The summed E-state index contributed by atoms with van der Waals surface area (Å²) in [6.07, 6.45) is 0. The van der Waals surface area contributed by atoms with Crippen molar-refractivity contribution in [2.75, 3.05) is 40.4 Å². The van der Waals surface area contributed by atoms with E-state index in [-0.39, 0.29) is 6.04 Å². The van der Waals surface area contributed by atoms with Crippen LogP contribution in [0.2, 0.25) is 0 Å². The lowest BCUT2D eigenvalue weighted by Gasteiger charge is -2.36. The highest BCUT2D eigenvalue weighted by molar-refractivity contribution is 5.83. The average molecular weight is 469 g/mol. The molecule has 0 saturated carbocycles. The van der Waals surface area contributed by atoms with Gasteiger partial charge in [0.05, 0.1) is 20.3 Å². The number of benzene rings is 4. The van der Waals surface area contributed by atoms with Crippen LogP contribution in [-0.4, -0.2) is 45.3 Å². The summed E-state index contributed by atoms with van der Waals surface area (Å²) in [4.78, 5) is 2.53. The molecule has 0 aliphatic carbocycles. The first kappa shape index (κ1) is 23.2. The van der Waals surface area contributed by atoms with Gasteiger partial charge in [0, 0.05) is 26.2 Å². The Bertz CT molecular complexity index is 1240. The van der Waals surface area contributed by atoms with E-state index in [1.165, 1.54) is 16.3 Å². The quantitative estimate of drug-likeness (QED) is 0.374. The van der Waals surface area contributed by atoms with E-state index in [0.29, 0.717) is 23.9 Å².